The molecule has 1 unspecified atom stereocenters. The molecule has 0 saturated heterocycles. The maximum Gasteiger partial charge on any atom is 0.132 e. The maximum atomic E-state index is 11.5. The van der Waals surface area contributed by atoms with Crippen molar-refractivity contribution < 1.29 is 5.11 Å². The van der Waals surface area contributed by atoms with Crippen LogP contribution in [0.5, 0.6) is 0 Å². The summed E-state index contributed by atoms with van der Waals surface area (Å²) in [5.41, 5.74) is 5.82. The lowest BCUT2D eigenvalue weighted by Crippen LogP contribution is -2.27. The van der Waals surface area contributed by atoms with Crippen LogP contribution in [0.3, 0.4) is 0 Å². The summed E-state index contributed by atoms with van der Waals surface area (Å²) in [4.78, 5) is 4.02. The minimum Gasteiger partial charge on any atom is -0.510 e. The van der Waals surface area contributed by atoms with Gasteiger partial charge in [-0.1, -0.05) is 65.3 Å². The third-order valence-corrected chi connectivity index (χ3v) is 9.92. The van der Waals surface area contributed by atoms with Gasteiger partial charge >= 0.3 is 0 Å². The number of hydrogen-bond donors (Lipinski definition) is 1. The van der Waals surface area contributed by atoms with Crippen LogP contribution in [0.25, 0.3) is 31.9 Å². The average Bonchev–Trinajstić information content (AvgIpc) is 3.51. The highest BCUT2D eigenvalue weighted by Crippen LogP contribution is 2.46. The Morgan fingerprint density at radius 2 is 1.31 bits per heavy atom. The zero-order valence-corrected chi connectivity index (χ0v) is 26.0. The second kappa shape index (κ2) is 9.22. The minimum absolute atomic E-state index is 0.0230. The fraction of sp³-hybridized carbons (Fsp3) is 0.357. The molecule has 0 fully saturated rings. The monoisotopic (exact) mass is 645 g/mol. The zero-order valence-electron chi connectivity index (χ0n) is 21.2. The Bertz CT molecular complexity index is 1450. The van der Waals surface area contributed by atoms with Crippen LogP contribution in [0.2, 0.25) is 0 Å². The van der Waals surface area contributed by atoms with Gasteiger partial charge in [0.2, 0.25) is 0 Å². The topological polar surface area (TPSA) is 50.9 Å². The molecule has 0 radical (unpaired) electrons. The van der Waals surface area contributed by atoms with Crippen molar-refractivity contribution in [3.8, 4) is 20.9 Å². The van der Waals surface area contributed by atoms with E-state index in [0.717, 1.165) is 45.1 Å². The summed E-state index contributed by atoms with van der Waals surface area (Å²) < 4.78 is 2.15. The van der Waals surface area contributed by atoms with E-state index in [4.69, 9.17) is 10.2 Å². The smallest absolute Gasteiger partial charge is 0.132 e. The van der Waals surface area contributed by atoms with Gasteiger partial charge in [0.1, 0.15) is 22.8 Å². The van der Waals surface area contributed by atoms with Gasteiger partial charge in [-0.25, -0.2) is 0 Å². The summed E-state index contributed by atoms with van der Waals surface area (Å²) in [6.45, 7) is 13.1. The summed E-state index contributed by atoms with van der Waals surface area (Å²) in [6, 6.07) is 12.3. The van der Waals surface area contributed by atoms with E-state index in [1.807, 2.05) is 0 Å². The van der Waals surface area contributed by atoms with Crippen LogP contribution in [-0.4, -0.2) is 20.1 Å². The summed E-state index contributed by atoms with van der Waals surface area (Å²) in [7, 11) is 0. The summed E-state index contributed by atoms with van der Waals surface area (Å²) in [5, 5.41) is 21.7. The van der Waals surface area contributed by atoms with Crippen molar-refractivity contribution in [1.82, 2.24) is 15.0 Å². The molecular formula is C28H29Br2N3OS2. The van der Waals surface area contributed by atoms with Gasteiger partial charge in [0.15, 0.2) is 0 Å². The lowest BCUT2D eigenvalue weighted by Gasteiger charge is -2.35. The normalized spacial score (nSPS) is 17.2. The molecule has 0 saturated carbocycles. The van der Waals surface area contributed by atoms with Crippen molar-refractivity contribution in [2.45, 2.75) is 54.0 Å². The van der Waals surface area contributed by atoms with Crippen molar-refractivity contribution in [2.24, 2.45) is 10.8 Å². The van der Waals surface area contributed by atoms with Gasteiger partial charge in [-0.2, -0.15) is 15.0 Å². The highest BCUT2D eigenvalue weighted by molar-refractivity contribution is 9.11. The zero-order chi connectivity index (χ0) is 26.0. The molecule has 1 N–H and O–H groups in total. The molecule has 3 aromatic heterocycles. The fourth-order valence-corrected chi connectivity index (χ4v) is 7.40. The van der Waals surface area contributed by atoms with E-state index in [1.54, 1.807) is 27.5 Å². The molecule has 1 aliphatic rings. The quantitative estimate of drug-likeness (QED) is 0.241. The van der Waals surface area contributed by atoms with E-state index in [2.05, 4.69) is 116 Å². The Morgan fingerprint density at radius 1 is 0.806 bits per heavy atom. The number of fused-ring (bicyclic) bond motifs is 1. The number of aromatic nitrogens is 3. The number of allylic oxidation sites excluding steroid dienone is 4. The van der Waals surface area contributed by atoms with Crippen molar-refractivity contribution in [2.75, 3.05) is 0 Å². The van der Waals surface area contributed by atoms with Crippen molar-refractivity contribution >= 4 is 65.6 Å². The van der Waals surface area contributed by atoms with Crippen LogP contribution < -0.4 is 0 Å². The van der Waals surface area contributed by atoms with Gasteiger partial charge in [0, 0.05) is 27.3 Å². The second-order valence-corrected chi connectivity index (χ2v) is 16.2. The van der Waals surface area contributed by atoms with Gasteiger partial charge in [0.25, 0.3) is 0 Å². The molecular weight excluding hydrogens is 618 g/mol. The van der Waals surface area contributed by atoms with E-state index in [9.17, 15) is 5.11 Å². The molecule has 4 nitrogen and oxygen atoms in total. The number of rotatable bonds is 3. The molecule has 8 heteroatoms. The Kier molecular flexibility index (Phi) is 6.63. The Hall–Kier alpha value is -1.74. The summed E-state index contributed by atoms with van der Waals surface area (Å²) in [6.07, 6.45) is 2.87. The lowest BCUT2D eigenvalue weighted by molar-refractivity contribution is 0.264. The first kappa shape index (κ1) is 25.9. The van der Waals surface area contributed by atoms with Crippen LogP contribution in [-0.2, 0) is 0 Å². The number of aliphatic hydroxyl groups is 1. The third kappa shape index (κ3) is 4.77. The van der Waals surface area contributed by atoms with E-state index in [-0.39, 0.29) is 16.9 Å². The SMILES string of the molecule is CC(C)(C)C1=CC(C(C)(C)C)=C(O)C(n2nc3c(-c4ccc(Br)s4)ccc(-c4ccc(Br)s4)c3n2)C1. The predicted octanol–water partition coefficient (Wildman–Crippen LogP) is 10.2. The fourth-order valence-electron chi connectivity index (χ4n) is 4.57. The first-order valence-corrected chi connectivity index (χ1v) is 15.1. The van der Waals surface area contributed by atoms with Crippen LogP contribution in [0.4, 0.5) is 0 Å². The molecule has 0 aliphatic heterocycles. The standard InChI is InChI=1S/C28H29Br2N3OS2/c1-27(2,3)15-13-18(28(4,5)6)26(34)19(14-15)33-31-24-16(20-9-11-22(29)35-20)7-8-17(25(24)32-33)21-10-12-23(30)36-21/h7-13,19,34H,14H2,1-6H3. The molecule has 0 bridgehead atoms. The molecule has 1 atom stereocenters. The van der Waals surface area contributed by atoms with Crippen LogP contribution in [0.1, 0.15) is 54.0 Å². The number of hydrogen-bond acceptors (Lipinski definition) is 5. The Morgan fingerprint density at radius 3 is 1.69 bits per heavy atom. The van der Waals surface area contributed by atoms with Gasteiger partial charge < -0.3 is 5.11 Å². The maximum absolute atomic E-state index is 11.5. The largest absolute Gasteiger partial charge is 0.510 e. The van der Waals surface area contributed by atoms with E-state index < -0.39 is 0 Å². The molecule has 36 heavy (non-hydrogen) atoms. The third-order valence-electron chi connectivity index (χ3n) is 6.61. The molecule has 188 valence electrons. The molecule has 4 aromatic rings. The Balaban J connectivity index is 1.74. The molecule has 3 heterocycles. The first-order valence-electron chi connectivity index (χ1n) is 11.9. The first-order chi connectivity index (χ1) is 16.8. The van der Waals surface area contributed by atoms with Crippen LogP contribution >= 0.6 is 54.5 Å². The number of nitrogens with zero attached hydrogens (tertiary/aromatic N) is 3. The average molecular weight is 648 g/mol. The lowest BCUT2D eigenvalue weighted by atomic mass is 9.73. The van der Waals surface area contributed by atoms with Crippen LogP contribution in [0, 0.1) is 10.8 Å². The van der Waals surface area contributed by atoms with E-state index in [0.29, 0.717) is 12.2 Å². The minimum atomic E-state index is -0.350. The summed E-state index contributed by atoms with van der Waals surface area (Å²) in [5.74, 6) is 0.358. The van der Waals surface area contributed by atoms with Crippen molar-refractivity contribution in [3.63, 3.8) is 0 Å². The highest BCUT2D eigenvalue weighted by Gasteiger charge is 2.35. The number of halogens is 2. The molecule has 0 amide bonds. The second-order valence-electron chi connectivity index (χ2n) is 11.3. The number of aliphatic hydroxyl groups excluding tert-OH is 1. The molecule has 0 spiro atoms. The molecule has 1 aliphatic carbocycles. The van der Waals surface area contributed by atoms with E-state index >= 15 is 0 Å². The molecule has 5 rings (SSSR count). The van der Waals surface area contributed by atoms with Gasteiger partial charge in [-0.15, -0.1) is 22.7 Å². The van der Waals surface area contributed by atoms with Gasteiger partial charge in [-0.3, -0.25) is 0 Å². The van der Waals surface area contributed by atoms with Crippen molar-refractivity contribution in [3.05, 3.63) is 67.0 Å². The summed E-state index contributed by atoms with van der Waals surface area (Å²) >= 11 is 10.6. The van der Waals surface area contributed by atoms with E-state index in [1.165, 1.54) is 5.57 Å². The number of thiophene rings is 2. The van der Waals surface area contributed by atoms with Crippen molar-refractivity contribution in [1.29, 1.82) is 0 Å². The number of benzene rings is 1. The predicted molar refractivity (Wildman–Crippen MR) is 160 cm³/mol. The van der Waals surface area contributed by atoms with Gasteiger partial charge in [0.05, 0.1) is 7.57 Å². The van der Waals surface area contributed by atoms with Gasteiger partial charge in [-0.05, 0) is 72.5 Å². The Labute approximate surface area is 237 Å². The highest BCUT2D eigenvalue weighted by atomic mass is 79.9. The molecule has 1 aromatic carbocycles. The van der Waals surface area contributed by atoms with Crippen LogP contribution in [0.15, 0.2) is 67.0 Å².